The molecule has 4 amide bonds. The van der Waals surface area contributed by atoms with Gasteiger partial charge in [-0.15, -0.1) is 0 Å². The van der Waals surface area contributed by atoms with E-state index in [0.717, 1.165) is 4.47 Å². The number of carbonyl (C=O) groups is 4. The van der Waals surface area contributed by atoms with Crippen molar-refractivity contribution in [2.24, 2.45) is 11.7 Å². The Hall–Kier alpha value is -2.42. The Balaban J connectivity index is 2.76. The maximum atomic E-state index is 12.3. The first-order chi connectivity index (χ1) is 11.6. The van der Waals surface area contributed by atoms with Gasteiger partial charge in [0.05, 0.1) is 0 Å². The fourth-order valence-corrected chi connectivity index (χ4v) is 2.11. The van der Waals surface area contributed by atoms with Crippen molar-refractivity contribution < 1.29 is 23.9 Å². The van der Waals surface area contributed by atoms with Crippen molar-refractivity contribution in [3.8, 4) is 0 Å². The summed E-state index contributed by atoms with van der Waals surface area (Å²) in [4.78, 5) is 46.8. The van der Waals surface area contributed by atoms with Gasteiger partial charge in [0.25, 0.3) is 11.8 Å². The second kappa shape index (κ2) is 9.16. The number of nitrogens with one attached hydrogen (secondary N) is 2. The zero-order valence-corrected chi connectivity index (χ0v) is 15.6. The van der Waals surface area contributed by atoms with E-state index in [4.69, 9.17) is 10.5 Å². The lowest BCUT2D eigenvalue weighted by molar-refractivity contribution is -0.157. The van der Waals surface area contributed by atoms with E-state index < -0.39 is 36.0 Å². The first-order valence-corrected chi connectivity index (χ1v) is 8.28. The number of hydrogen-bond acceptors (Lipinski definition) is 5. The molecule has 0 radical (unpaired) electrons. The average Bonchev–Trinajstić information content (AvgIpc) is 2.51. The summed E-state index contributed by atoms with van der Waals surface area (Å²) >= 11 is 3.27. The number of urea groups is 1. The largest absolute Gasteiger partial charge is 0.451 e. The van der Waals surface area contributed by atoms with Crippen molar-refractivity contribution in [3.05, 3.63) is 34.3 Å². The van der Waals surface area contributed by atoms with Crippen molar-refractivity contribution in [2.45, 2.75) is 32.9 Å². The first-order valence-electron chi connectivity index (χ1n) is 7.49. The van der Waals surface area contributed by atoms with Gasteiger partial charge in [0.2, 0.25) is 0 Å². The molecule has 0 unspecified atom stereocenters. The van der Waals surface area contributed by atoms with Gasteiger partial charge < -0.3 is 15.8 Å². The number of esters is 1. The third-order valence-corrected chi connectivity index (χ3v) is 3.75. The molecular weight excluding hydrogens is 394 g/mol. The topological polar surface area (TPSA) is 128 Å². The van der Waals surface area contributed by atoms with Crippen LogP contribution in [0.4, 0.5) is 4.79 Å². The minimum Gasteiger partial charge on any atom is -0.451 e. The summed E-state index contributed by atoms with van der Waals surface area (Å²) in [6, 6.07) is 4.61. The molecule has 0 aliphatic carbocycles. The molecule has 25 heavy (non-hydrogen) atoms. The summed E-state index contributed by atoms with van der Waals surface area (Å²) in [5, 5.41) is 4.40. The van der Waals surface area contributed by atoms with Crippen molar-refractivity contribution in [1.29, 1.82) is 0 Å². The lowest BCUT2D eigenvalue weighted by Crippen LogP contribution is -2.48. The monoisotopic (exact) mass is 413 g/mol. The normalized spacial score (nSPS) is 12.8. The summed E-state index contributed by atoms with van der Waals surface area (Å²) in [6.45, 7) is 4.74. The lowest BCUT2D eigenvalue weighted by atomic mass is 10.0. The van der Waals surface area contributed by atoms with Gasteiger partial charge >= 0.3 is 12.0 Å². The van der Waals surface area contributed by atoms with Crippen LogP contribution < -0.4 is 16.4 Å². The molecule has 0 heterocycles. The Labute approximate surface area is 153 Å². The van der Waals surface area contributed by atoms with Gasteiger partial charge in [0.15, 0.2) is 6.10 Å². The van der Waals surface area contributed by atoms with Crippen LogP contribution in [0.5, 0.6) is 0 Å². The fourth-order valence-electron chi connectivity index (χ4n) is 1.85. The second-order valence-electron chi connectivity index (χ2n) is 5.63. The minimum absolute atomic E-state index is 0.279. The van der Waals surface area contributed by atoms with Gasteiger partial charge in [-0.25, -0.2) is 9.59 Å². The Morgan fingerprint density at radius 3 is 2.12 bits per heavy atom. The lowest BCUT2D eigenvalue weighted by Gasteiger charge is -2.22. The van der Waals surface area contributed by atoms with Crippen LogP contribution >= 0.6 is 15.9 Å². The highest BCUT2D eigenvalue weighted by atomic mass is 79.9. The molecule has 0 aliphatic rings. The van der Waals surface area contributed by atoms with Crippen LogP contribution in [0, 0.1) is 5.92 Å². The van der Waals surface area contributed by atoms with Gasteiger partial charge in [-0.2, -0.15) is 0 Å². The number of imide groups is 1. The number of carbonyl (C=O) groups excluding carboxylic acids is 4. The van der Waals surface area contributed by atoms with Crippen LogP contribution in [-0.2, 0) is 14.3 Å². The molecule has 1 aromatic rings. The van der Waals surface area contributed by atoms with E-state index in [2.05, 4.69) is 21.2 Å². The summed E-state index contributed by atoms with van der Waals surface area (Å²) < 4.78 is 5.83. The third-order valence-electron chi connectivity index (χ3n) is 3.22. The number of amides is 4. The molecule has 0 aliphatic heterocycles. The van der Waals surface area contributed by atoms with Crippen LogP contribution in [0.25, 0.3) is 0 Å². The SMILES string of the molecule is CC(C)[C@H](NC(=O)c1ccc(Br)cc1)C(=O)O[C@@H](C)C(=O)NC(N)=O. The molecule has 4 N–H and O–H groups in total. The molecule has 0 aromatic heterocycles. The molecule has 0 bridgehead atoms. The predicted octanol–water partition coefficient (Wildman–Crippen LogP) is 1.33. The molecular formula is C16H20BrN3O5. The van der Waals surface area contributed by atoms with Crippen LogP contribution in [0.15, 0.2) is 28.7 Å². The summed E-state index contributed by atoms with van der Waals surface area (Å²) in [7, 11) is 0. The van der Waals surface area contributed by atoms with Crippen LogP contribution in [0.1, 0.15) is 31.1 Å². The van der Waals surface area contributed by atoms with E-state index in [1.54, 1.807) is 38.1 Å². The molecule has 136 valence electrons. The number of hydrogen-bond donors (Lipinski definition) is 3. The van der Waals surface area contributed by atoms with E-state index in [0.29, 0.717) is 5.56 Å². The number of halogens is 1. The molecule has 0 saturated heterocycles. The van der Waals surface area contributed by atoms with E-state index in [9.17, 15) is 19.2 Å². The van der Waals surface area contributed by atoms with Gasteiger partial charge in [-0.1, -0.05) is 29.8 Å². The summed E-state index contributed by atoms with van der Waals surface area (Å²) in [5.41, 5.74) is 5.22. The molecule has 9 heteroatoms. The highest BCUT2D eigenvalue weighted by molar-refractivity contribution is 9.10. The molecule has 1 rings (SSSR count). The van der Waals surface area contributed by atoms with Gasteiger partial charge in [-0.05, 0) is 37.1 Å². The Morgan fingerprint density at radius 2 is 1.64 bits per heavy atom. The van der Waals surface area contributed by atoms with Gasteiger partial charge in [0, 0.05) is 10.0 Å². The van der Waals surface area contributed by atoms with Crippen LogP contribution in [-0.4, -0.2) is 36.0 Å². The molecule has 8 nitrogen and oxygen atoms in total. The maximum absolute atomic E-state index is 12.3. The number of benzene rings is 1. The van der Waals surface area contributed by atoms with E-state index >= 15 is 0 Å². The summed E-state index contributed by atoms with van der Waals surface area (Å²) in [5.74, 6) is -2.36. The zero-order valence-electron chi connectivity index (χ0n) is 14.0. The molecule has 0 fully saturated rings. The van der Waals surface area contributed by atoms with E-state index in [1.807, 2.05) is 5.32 Å². The number of primary amides is 1. The maximum Gasteiger partial charge on any atom is 0.329 e. The molecule has 0 spiro atoms. The molecule has 2 atom stereocenters. The van der Waals surface area contributed by atoms with Crippen molar-refractivity contribution >= 4 is 39.7 Å². The Kier molecular flexibility index (Phi) is 7.56. The third kappa shape index (κ3) is 6.54. The van der Waals surface area contributed by atoms with E-state index in [-0.39, 0.29) is 5.92 Å². The average molecular weight is 414 g/mol. The van der Waals surface area contributed by atoms with Crippen molar-refractivity contribution in [2.75, 3.05) is 0 Å². The number of rotatable bonds is 6. The second-order valence-corrected chi connectivity index (χ2v) is 6.55. The quantitative estimate of drug-likeness (QED) is 0.606. The van der Waals surface area contributed by atoms with Crippen molar-refractivity contribution in [1.82, 2.24) is 10.6 Å². The number of ether oxygens (including phenoxy) is 1. The van der Waals surface area contributed by atoms with Gasteiger partial charge in [-0.3, -0.25) is 14.9 Å². The highest BCUT2D eigenvalue weighted by Crippen LogP contribution is 2.12. The first kappa shape index (κ1) is 20.6. The minimum atomic E-state index is -1.23. The number of nitrogens with two attached hydrogens (primary N) is 1. The fraction of sp³-hybridized carbons (Fsp3) is 0.375. The highest BCUT2D eigenvalue weighted by Gasteiger charge is 2.29. The van der Waals surface area contributed by atoms with E-state index in [1.165, 1.54) is 6.92 Å². The van der Waals surface area contributed by atoms with Crippen LogP contribution in [0.3, 0.4) is 0 Å². The smallest absolute Gasteiger partial charge is 0.329 e. The predicted molar refractivity (Wildman–Crippen MR) is 93.5 cm³/mol. The van der Waals surface area contributed by atoms with Crippen LogP contribution in [0.2, 0.25) is 0 Å². The molecule has 1 aromatic carbocycles. The standard InChI is InChI=1S/C16H20BrN3O5/c1-8(2)12(15(23)25-9(3)13(21)20-16(18)24)19-14(22)10-4-6-11(17)7-5-10/h4-9,12H,1-3H3,(H,19,22)(H3,18,20,21,24)/t9-,12-/m0/s1. The molecule has 0 saturated carbocycles. The zero-order chi connectivity index (χ0) is 19.1. The Bertz CT molecular complexity index is 660. The van der Waals surface area contributed by atoms with Crippen molar-refractivity contribution in [3.63, 3.8) is 0 Å². The Morgan fingerprint density at radius 1 is 1.08 bits per heavy atom. The summed E-state index contributed by atoms with van der Waals surface area (Å²) in [6.07, 6.45) is -1.23. The van der Waals surface area contributed by atoms with Gasteiger partial charge in [0.1, 0.15) is 6.04 Å².